The predicted molar refractivity (Wildman–Crippen MR) is 87.8 cm³/mol. The summed E-state index contributed by atoms with van der Waals surface area (Å²) in [7, 11) is 3.92. The number of hydrogen-bond acceptors (Lipinski definition) is 5. The Kier molecular flexibility index (Phi) is 3.66. The van der Waals surface area contributed by atoms with Gasteiger partial charge in [-0.25, -0.2) is 4.98 Å². The predicted octanol–water partition coefficient (Wildman–Crippen LogP) is 2.48. The van der Waals surface area contributed by atoms with Crippen LogP contribution in [-0.2, 0) is 11.2 Å². The molecule has 114 valence electrons. The summed E-state index contributed by atoms with van der Waals surface area (Å²) in [5.74, 6) is 1.53. The number of hydrogen-bond donors (Lipinski definition) is 2. The van der Waals surface area contributed by atoms with Crippen LogP contribution in [0.1, 0.15) is 17.5 Å². The maximum Gasteiger partial charge on any atom is 0.229 e. The minimum atomic E-state index is 0.0747. The number of carbonyl (C=O) groups excluding carboxylic acids is 1. The highest BCUT2D eigenvalue weighted by Crippen LogP contribution is 2.27. The molecular formula is C16H19N5O. The second-order valence-electron chi connectivity index (χ2n) is 5.64. The maximum absolute atomic E-state index is 11.4. The molecule has 0 spiro atoms. The maximum atomic E-state index is 11.4. The number of nitrogens with zero attached hydrogens (tertiary/aromatic N) is 3. The number of aryl methyl sites for hydroxylation is 2. The Labute approximate surface area is 129 Å². The minimum absolute atomic E-state index is 0.0747. The molecule has 3 rings (SSSR count). The molecule has 0 aliphatic carbocycles. The third-order valence-electron chi connectivity index (χ3n) is 3.63. The van der Waals surface area contributed by atoms with E-state index in [9.17, 15) is 4.79 Å². The van der Waals surface area contributed by atoms with E-state index >= 15 is 0 Å². The van der Waals surface area contributed by atoms with Gasteiger partial charge in [0.15, 0.2) is 0 Å². The van der Waals surface area contributed by atoms with Gasteiger partial charge in [-0.3, -0.25) is 4.79 Å². The average molecular weight is 297 g/mol. The molecule has 0 unspecified atom stereocenters. The Morgan fingerprint density at radius 2 is 2.09 bits per heavy atom. The number of aromatic nitrogens is 2. The van der Waals surface area contributed by atoms with Gasteiger partial charge in [-0.05, 0) is 37.1 Å². The molecule has 1 aromatic heterocycles. The van der Waals surface area contributed by atoms with Crippen molar-refractivity contribution >= 4 is 29.0 Å². The Bertz CT molecular complexity index is 726. The van der Waals surface area contributed by atoms with Crippen molar-refractivity contribution in [1.82, 2.24) is 9.97 Å². The molecule has 2 heterocycles. The number of rotatable bonds is 3. The van der Waals surface area contributed by atoms with Crippen molar-refractivity contribution in [1.29, 1.82) is 0 Å². The minimum Gasteiger partial charge on any atom is -0.362 e. The normalized spacial score (nSPS) is 13.3. The van der Waals surface area contributed by atoms with E-state index in [0.29, 0.717) is 12.4 Å². The van der Waals surface area contributed by atoms with Crippen LogP contribution >= 0.6 is 0 Å². The van der Waals surface area contributed by atoms with Crippen LogP contribution in [0.2, 0.25) is 0 Å². The summed E-state index contributed by atoms with van der Waals surface area (Å²) in [5.41, 5.74) is 3.97. The number of anilines is 4. The van der Waals surface area contributed by atoms with Crippen LogP contribution in [0.4, 0.5) is 23.1 Å². The van der Waals surface area contributed by atoms with Gasteiger partial charge >= 0.3 is 0 Å². The third-order valence-corrected chi connectivity index (χ3v) is 3.63. The zero-order valence-electron chi connectivity index (χ0n) is 13.0. The highest BCUT2D eigenvalue weighted by atomic mass is 16.1. The fourth-order valence-corrected chi connectivity index (χ4v) is 2.54. The highest BCUT2D eigenvalue weighted by molar-refractivity contribution is 5.94. The van der Waals surface area contributed by atoms with Crippen LogP contribution in [0.3, 0.4) is 0 Å². The van der Waals surface area contributed by atoms with Gasteiger partial charge in [0.1, 0.15) is 5.82 Å². The lowest BCUT2D eigenvalue weighted by Gasteiger charge is -2.18. The first-order valence-electron chi connectivity index (χ1n) is 7.23. The van der Waals surface area contributed by atoms with Gasteiger partial charge in [0, 0.05) is 43.7 Å². The van der Waals surface area contributed by atoms with E-state index in [1.54, 1.807) is 0 Å². The molecule has 1 amide bonds. The fourth-order valence-electron chi connectivity index (χ4n) is 2.54. The largest absolute Gasteiger partial charge is 0.362 e. The number of fused-ring (bicyclic) bond motifs is 1. The summed E-state index contributed by atoms with van der Waals surface area (Å²) >= 11 is 0. The quantitative estimate of drug-likeness (QED) is 0.911. The highest BCUT2D eigenvalue weighted by Gasteiger charge is 2.15. The molecule has 0 saturated heterocycles. The van der Waals surface area contributed by atoms with Crippen molar-refractivity contribution in [3.8, 4) is 0 Å². The smallest absolute Gasteiger partial charge is 0.229 e. The molecule has 6 nitrogen and oxygen atoms in total. The molecule has 0 fully saturated rings. The van der Waals surface area contributed by atoms with E-state index in [0.717, 1.165) is 34.7 Å². The molecule has 6 heteroatoms. The Morgan fingerprint density at radius 3 is 2.86 bits per heavy atom. The van der Waals surface area contributed by atoms with Crippen LogP contribution in [0, 0.1) is 6.92 Å². The zero-order chi connectivity index (χ0) is 15.7. The lowest BCUT2D eigenvalue weighted by atomic mass is 10.0. The van der Waals surface area contributed by atoms with E-state index in [4.69, 9.17) is 0 Å². The van der Waals surface area contributed by atoms with Gasteiger partial charge in [-0.15, -0.1) is 0 Å². The Morgan fingerprint density at radius 1 is 1.27 bits per heavy atom. The standard InChI is InChI=1S/C16H19N5O/c1-10-9-17-16(20-15(10)21(2)3)18-12-5-6-13-11(8-12)4-7-14(22)19-13/h5-6,8-9H,4,7H2,1-3H3,(H,19,22)(H,17,18,20). The zero-order valence-corrected chi connectivity index (χ0v) is 13.0. The van der Waals surface area contributed by atoms with E-state index in [1.807, 2.05) is 50.3 Å². The van der Waals surface area contributed by atoms with Gasteiger partial charge in [-0.2, -0.15) is 4.98 Å². The van der Waals surface area contributed by atoms with Crippen LogP contribution < -0.4 is 15.5 Å². The summed E-state index contributed by atoms with van der Waals surface area (Å²) in [6.45, 7) is 1.99. The Balaban J connectivity index is 1.85. The van der Waals surface area contributed by atoms with E-state index in [-0.39, 0.29) is 5.91 Å². The summed E-state index contributed by atoms with van der Waals surface area (Å²) in [6.07, 6.45) is 3.10. The molecule has 0 radical (unpaired) electrons. The summed E-state index contributed by atoms with van der Waals surface area (Å²) in [4.78, 5) is 22.2. The summed E-state index contributed by atoms with van der Waals surface area (Å²) in [5, 5.41) is 6.10. The first-order chi connectivity index (χ1) is 10.5. The van der Waals surface area contributed by atoms with Gasteiger partial charge in [0.05, 0.1) is 0 Å². The fraction of sp³-hybridized carbons (Fsp3) is 0.312. The molecule has 1 aliphatic heterocycles. The molecule has 1 aromatic carbocycles. The number of amides is 1. The molecule has 22 heavy (non-hydrogen) atoms. The molecule has 2 N–H and O–H groups in total. The van der Waals surface area contributed by atoms with Gasteiger partial charge < -0.3 is 15.5 Å². The van der Waals surface area contributed by atoms with Crippen molar-refractivity contribution in [3.05, 3.63) is 35.5 Å². The summed E-state index contributed by atoms with van der Waals surface area (Å²) < 4.78 is 0. The second kappa shape index (κ2) is 5.63. The molecule has 0 atom stereocenters. The van der Waals surface area contributed by atoms with Crippen molar-refractivity contribution in [3.63, 3.8) is 0 Å². The van der Waals surface area contributed by atoms with Crippen LogP contribution in [-0.4, -0.2) is 30.0 Å². The topological polar surface area (TPSA) is 70.1 Å². The van der Waals surface area contributed by atoms with Gasteiger partial charge in [0.2, 0.25) is 11.9 Å². The van der Waals surface area contributed by atoms with Crippen molar-refractivity contribution < 1.29 is 4.79 Å². The van der Waals surface area contributed by atoms with Crippen LogP contribution in [0.25, 0.3) is 0 Å². The molecule has 2 aromatic rings. The first kappa shape index (κ1) is 14.3. The monoisotopic (exact) mass is 297 g/mol. The van der Waals surface area contributed by atoms with Crippen LogP contribution in [0.15, 0.2) is 24.4 Å². The van der Waals surface area contributed by atoms with Crippen molar-refractivity contribution in [2.45, 2.75) is 19.8 Å². The molecule has 0 saturated carbocycles. The molecule has 1 aliphatic rings. The van der Waals surface area contributed by atoms with E-state index in [2.05, 4.69) is 20.6 Å². The number of benzene rings is 1. The van der Waals surface area contributed by atoms with Gasteiger partial charge in [0.25, 0.3) is 0 Å². The lowest BCUT2D eigenvalue weighted by molar-refractivity contribution is -0.116. The van der Waals surface area contributed by atoms with E-state index in [1.165, 1.54) is 0 Å². The first-order valence-corrected chi connectivity index (χ1v) is 7.23. The van der Waals surface area contributed by atoms with Gasteiger partial charge in [-0.1, -0.05) is 0 Å². The number of nitrogens with one attached hydrogen (secondary N) is 2. The average Bonchev–Trinajstić information content (AvgIpc) is 2.49. The SMILES string of the molecule is Cc1cnc(Nc2ccc3c(c2)CCC(=O)N3)nc1N(C)C. The second-order valence-corrected chi connectivity index (χ2v) is 5.64. The third kappa shape index (κ3) is 2.86. The van der Waals surface area contributed by atoms with Crippen LogP contribution in [0.5, 0.6) is 0 Å². The van der Waals surface area contributed by atoms with Crippen molar-refractivity contribution in [2.75, 3.05) is 29.6 Å². The summed E-state index contributed by atoms with van der Waals surface area (Å²) in [6, 6.07) is 5.87. The van der Waals surface area contributed by atoms with Crippen molar-refractivity contribution in [2.24, 2.45) is 0 Å². The number of carbonyl (C=O) groups is 1. The Hall–Kier alpha value is -2.63. The lowest BCUT2D eigenvalue weighted by Crippen LogP contribution is -2.19. The van der Waals surface area contributed by atoms with E-state index < -0.39 is 0 Å². The molecule has 0 bridgehead atoms. The molecular weight excluding hydrogens is 278 g/mol.